The van der Waals surface area contributed by atoms with Crippen molar-refractivity contribution in [2.75, 3.05) is 27.2 Å². The first-order valence-electron chi connectivity index (χ1n) is 9.87. The minimum absolute atomic E-state index is 0.176. The second-order valence-corrected chi connectivity index (χ2v) is 7.16. The predicted molar refractivity (Wildman–Crippen MR) is 117 cm³/mol. The van der Waals surface area contributed by atoms with E-state index in [-0.39, 0.29) is 5.75 Å². The zero-order chi connectivity index (χ0) is 21.6. The van der Waals surface area contributed by atoms with E-state index in [1.54, 1.807) is 24.3 Å². The number of rotatable bonds is 8. The molecule has 1 aromatic heterocycles. The van der Waals surface area contributed by atoms with E-state index in [2.05, 4.69) is 15.0 Å². The Kier molecular flexibility index (Phi) is 6.14. The number of aromatic hydroxyl groups is 1. The molecule has 0 saturated carbocycles. The molecule has 4 aromatic rings. The van der Waals surface area contributed by atoms with Crippen LogP contribution >= 0.6 is 0 Å². The molecule has 7 nitrogen and oxygen atoms in total. The highest BCUT2D eigenvalue weighted by Crippen LogP contribution is 2.35. The van der Waals surface area contributed by atoms with E-state index in [0.717, 1.165) is 12.1 Å². The summed E-state index contributed by atoms with van der Waals surface area (Å²) in [6.07, 6.45) is 0. The fraction of sp³-hybridized carbons (Fsp3) is 0.167. The van der Waals surface area contributed by atoms with E-state index >= 15 is 0 Å². The van der Waals surface area contributed by atoms with E-state index < -0.39 is 0 Å². The van der Waals surface area contributed by atoms with Crippen LogP contribution < -0.4 is 9.47 Å². The molecule has 0 bridgehead atoms. The van der Waals surface area contributed by atoms with Crippen LogP contribution in [-0.2, 0) is 0 Å². The lowest BCUT2D eigenvalue weighted by atomic mass is 10.2. The average Bonchev–Trinajstić information content (AvgIpc) is 3.26. The number of hydrogen-bond acceptors (Lipinski definition) is 7. The van der Waals surface area contributed by atoms with Gasteiger partial charge in [-0.15, -0.1) is 0 Å². The summed E-state index contributed by atoms with van der Waals surface area (Å²) in [5, 5.41) is 13.6. The molecule has 1 heterocycles. The standard InChI is InChI=1S/C24H23N3O4/c1-27(2)15-16-29-21-9-5-4-8-20(21)24-25-23(26-31-24)19-7-3-6-10-22(19)30-18-13-11-17(28)12-14-18/h3-14,28H,15-16H2,1-2H3. The number of likely N-dealkylation sites (N-methyl/N-ethyl adjacent to an activating group) is 1. The van der Waals surface area contributed by atoms with Crippen LogP contribution in [0.2, 0.25) is 0 Å². The van der Waals surface area contributed by atoms with Gasteiger partial charge in [-0.2, -0.15) is 4.98 Å². The quantitative estimate of drug-likeness (QED) is 0.439. The summed E-state index contributed by atoms with van der Waals surface area (Å²) >= 11 is 0. The van der Waals surface area contributed by atoms with Crippen LogP contribution in [0.4, 0.5) is 0 Å². The molecular weight excluding hydrogens is 394 g/mol. The van der Waals surface area contributed by atoms with Gasteiger partial charge in [0.1, 0.15) is 29.6 Å². The zero-order valence-electron chi connectivity index (χ0n) is 17.4. The van der Waals surface area contributed by atoms with Gasteiger partial charge in [0.15, 0.2) is 0 Å². The van der Waals surface area contributed by atoms with Gasteiger partial charge in [-0.05, 0) is 62.6 Å². The summed E-state index contributed by atoms with van der Waals surface area (Å²) in [5.41, 5.74) is 1.42. The molecule has 7 heteroatoms. The molecule has 31 heavy (non-hydrogen) atoms. The molecule has 0 atom stereocenters. The summed E-state index contributed by atoms with van der Waals surface area (Å²) in [4.78, 5) is 6.64. The second kappa shape index (κ2) is 9.32. The number of ether oxygens (including phenoxy) is 2. The molecule has 0 radical (unpaired) electrons. The molecule has 158 valence electrons. The lowest BCUT2D eigenvalue weighted by Gasteiger charge is -2.12. The van der Waals surface area contributed by atoms with Crippen LogP contribution in [0.15, 0.2) is 77.3 Å². The van der Waals surface area contributed by atoms with Gasteiger partial charge in [0.05, 0.1) is 11.1 Å². The summed E-state index contributed by atoms with van der Waals surface area (Å²) in [5.74, 6) is 2.81. The SMILES string of the molecule is CN(C)CCOc1ccccc1-c1nc(-c2ccccc2Oc2ccc(O)cc2)no1. The third kappa shape index (κ3) is 5.02. The molecule has 0 aliphatic carbocycles. The molecule has 0 spiro atoms. The lowest BCUT2D eigenvalue weighted by Crippen LogP contribution is -2.19. The number of phenols is 1. The molecule has 0 fully saturated rings. The maximum absolute atomic E-state index is 9.47. The van der Waals surface area contributed by atoms with Crippen molar-refractivity contribution >= 4 is 0 Å². The van der Waals surface area contributed by atoms with E-state index in [1.165, 1.54) is 0 Å². The van der Waals surface area contributed by atoms with Crippen molar-refractivity contribution in [3.05, 3.63) is 72.8 Å². The highest BCUT2D eigenvalue weighted by molar-refractivity contribution is 5.68. The first-order chi connectivity index (χ1) is 15.1. The Morgan fingerprint density at radius 1 is 0.871 bits per heavy atom. The Hall–Kier alpha value is -3.84. The molecule has 1 N–H and O–H groups in total. The van der Waals surface area contributed by atoms with Crippen LogP contribution in [-0.4, -0.2) is 47.4 Å². The Balaban J connectivity index is 1.60. The van der Waals surface area contributed by atoms with Crippen LogP contribution in [0.1, 0.15) is 0 Å². The normalized spacial score (nSPS) is 10.9. The molecule has 0 aliphatic heterocycles. The third-order valence-corrected chi connectivity index (χ3v) is 4.53. The number of hydrogen-bond donors (Lipinski definition) is 1. The van der Waals surface area contributed by atoms with Gasteiger partial charge in [0, 0.05) is 6.54 Å². The molecule has 0 aliphatic rings. The number of nitrogens with zero attached hydrogens (tertiary/aromatic N) is 3. The average molecular weight is 417 g/mol. The van der Waals surface area contributed by atoms with Crippen molar-refractivity contribution in [2.45, 2.75) is 0 Å². The Morgan fingerprint density at radius 2 is 1.55 bits per heavy atom. The van der Waals surface area contributed by atoms with Crippen LogP contribution in [0, 0.1) is 0 Å². The van der Waals surface area contributed by atoms with Crippen molar-refractivity contribution in [1.82, 2.24) is 15.0 Å². The lowest BCUT2D eigenvalue weighted by molar-refractivity contribution is 0.261. The highest BCUT2D eigenvalue weighted by atomic mass is 16.5. The van der Waals surface area contributed by atoms with Crippen molar-refractivity contribution in [2.24, 2.45) is 0 Å². The first kappa shape index (κ1) is 20.4. The molecule has 0 saturated heterocycles. The van der Waals surface area contributed by atoms with Gasteiger partial charge in [-0.3, -0.25) is 0 Å². The molecular formula is C24H23N3O4. The Morgan fingerprint density at radius 3 is 2.29 bits per heavy atom. The largest absolute Gasteiger partial charge is 0.508 e. The summed E-state index contributed by atoms with van der Waals surface area (Å²) in [6.45, 7) is 1.35. The van der Waals surface area contributed by atoms with Crippen LogP contribution in [0.5, 0.6) is 23.0 Å². The summed E-state index contributed by atoms with van der Waals surface area (Å²) in [7, 11) is 3.99. The van der Waals surface area contributed by atoms with Gasteiger partial charge < -0.3 is 24.0 Å². The van der Waals surface area contributed by atoms with E-state index in [9.17, 15) is 5.11 Å². The highest BCUT2D eigenvalue weighted by Gasteiger charge is 2.17. The van der Waals surface area contributed by atoms with Gasteiger partial charge in [0.25, 0.3) is 5.89 Å². The smallest absolute Gasteiger partial charge is 0.262 e. The Labute approximate surface area is 180 Å². The molecule has 4 rings (SSSR count). The van der Waals surface area contributed by atoms with Gasteiger partial charge in [0.2, 0.25) is 5.82 Å². The minimum atomic E-state index is 0.176. The fourth-order valence-electron chi connectivity index (χ4n) is 2.93. The number of benzene rings is 3. The minimum Gasteiger partial charge on any atom is -0.508 e. The molecule has 3 aromatic carbocycles. The molecule has 0 unspecified atom stereocenters. The predicted octanol–water partition coefficient (Wildman–Crippen LogP) is 4.84. The second-order valence-electron chi connectivity index (χ2n) is 7.16. The van der Waals surface area contributed by atoms with Gasteiger partial charge in [-0.1, -0.05) is 29.4 Å². The van der Waals surface area contributed by atoms with Crippen molar-refractivity contribution in [3.63, 3.8) is 0 Å². The third-order valence-electron chi connectivity index (χ3n) is 4.53. The number of phenolic OH excluding ortho intramolecular Hbond substituents is 1. The van der Waals surface area contributed by atoms with Gasteiger partial charge in [-0.25, -0.2) is 0 Å². The molecule has 0 amide bonds. The van der Waals surface area contributed by atoms with Crippen molar-refractivity contribution in [3.8, 4) is 45.8 Å². The van der Waals surface area contributed by atoms with Crippen LogP contribution in [0.3, 0.4) is 0 Å². The van der Waals surface area contributed by atoms with E-state index in [0.29, 0.717) is 41.1 Å². The topological polar surface area (TPSA) is 80.9 Å². The fourth-order valence-corrected chi connectivity index (χ4v) is 2.93. The van der Waals surface area contributed by atoms with E-state index in [1.807, 2.05) is 62.6 Å². The Bertz CT molecular complexity index is 1140. The van der Waals surface area contributed by atoms with E-state index in [4.69, 9.17) is 14.0 Å². The van der Waals surface area contributed by atoms with Crippen LogP contribution in [0.25, 0.3) is 22.8 Å². The zero-order valence-corrected chi connectivity index (χ0v) is 17.4. The number of aromatic nitrogens is 2. The maximum atomic E-state index is 9.47. The van der Waals surface area contributed by atoms with Crippen molar-refractivity contribution < 1.29 is 19.1 Å². The number of para-hydroxylation sites is 2. The first-order valence-corrected chi connectivity index (χ1v) is 9.87. The van der Waals surface area contributed by atoms with Gasteiger partial charge >= 0.3 is 0 Å². The summed E-state index contributed by atoms with van der Waals surface area (Å²) < 4.78 is 17.4. The maximum Gasteiger partial charge on any atom is 0.262 e. The summed E-state index contributed by atoms with van der Waals surface area (Å²) in [6, 6.07) is 21.5. The van der Waals surface area contributed by atoms with Crippen molar-refractivity contribution in [1.29, 1.82) is 0 Å². The monoisotopic (exact) mass is 417 g/mol.